The highest BCUT2D eigenvalue weighted by atomic mass is 16.3. The lowest BCUT2D eigenvalue weighted by Crippen LogP contribution is -2.20. The molecular formula is C10H15NO2. The van der Waals surface area contributed by atoms with Gasteiger partial charge in [-0.15, -0.1) is 0 Å². The number of allylic oxidation sites excluding steroid dienone is 1. The third kappa shape index (κ3) is 2.77. The van der Waals surface area contributed by atoms with Gasteiger partial charge in [-0.1, -0.05) is 19.8 Å². The molecule has 0 aromatic carbocycles. The van der Waals surface area contributed by atoms with E-state index in [1.807, 2.05) is 0 Å². The summed E-state index contributed by atoms with van der Waals surface area (Å²) in [5.41, 5.74) is -0.773. The molecular weight excluding hydrogens is 166 g/mol. The fraction of sp³-hybridized carbons (Fsp3) is 0.600. The Balaban J connectivity index is 2.45. The lowest BCUT2D eigenvalue weighted by atomic mass is 10.1. The van der Waals surface area contributed by atoms with E-state index in [2.05, 4.69) is 11.9 Å². The smallest absolute Gasteiger partial charge is 0.176 e. The van der Waals surface area contributed by atoms with E-state index in [0.717, 1.165) is 19.3 Å². The van der Waals surface area contributed by atoms with Gasteiger partial charge in [-0.05, 0) is 18.6 Å². The highest BCUT2D eigenvalue weighted by molar-refractivity contribution is 6.34. The van der Waals surface area contributed by atoms with E-state index in [4.69, 9.17) is 0 Å². The number of carbonyl (C=O) groups excluding carboxylic acids is 1. The van der Waals surface area contributed by atoms with Crippen LogP contribution in [-0.4, -0.2) is 22.8 Å². The minimum absolute atomic E-state index is 0.332. The third-order valence-corrected chi connectivity index (χ3v) is 2.11. The number of aldehydes is 1. The fourth-order valence-corrected chi connectivity index (χ4v) is 1.36. The van der Waals surface area contributed by atoms with Crippen LogP contribution < -0.4 is 0 Å². The van der Waals surface area contributed by atoms with Gasteiger partial charge in [-0.25, -0.2) is 4.99 Å². The van der Waals surface area contributed by atoms with Gasteiger partial charge >= 0.3 is 0 Å². The number of unbranched alkanes of at least 4 members (excludes halogenated alkanes) is 2. The predicted octanol–water partition coefficient (Wildman–Crippen LogP) is 1.47. The highest BCUT2D eigenvalue weighted by Gasteiger charge is 2.25. The van der Waals surface area contributed by atoms with Crippen molar-refractivity contribution in [3.63, 3.8) is 0 Å². The normalized spacial score (nSPS) is 26.2. The molecule has 0 fully saturated rings. The van der Waals surface area contributed by atoms with Crippen LogP contribution in [0.5, 0.6) is 0 Å². The molecule has 0 aromatic rings. The molecule has 1 unspecified atom stereocenters. The fourth-order valence-electron chi connectivity index (χ4n) is 1.36. The van der Waals surface area contributed by atoms with Crippen molar-refractivity contribution in [3.8, 4) is 0 Å². The summed E-state index contributed by atoms with van der Waals surface area (Å²) in [7, 11) is 0. The molecule has 72 valence electrons. The molecule has 0 saturated carbocycles. The lowest BCUT2D eigenvalue weighted by molar-refractivity contribution is -0.102. The molecule has 0 aliphatic carbocycles. The number of nitrogens with zero attached hydrogens (tertiary/aromatic N) is 1. The molecule has 0 spiro atoms. The Morgan fingerprint density at radius 2 is 2.38 bits per heavy atom. The van der Waals surface area contributed by atoms with Crippen molar-refractivity contribution in [2.45, 2.75) is 38.3 Å². The Morgan fingerprint density at radius 3 is 2.92 bits per heavy atom. The molecule has 1 aliphatic rings. The number of rotatable bonds is 5. The number of aliphatic imine (C=N–C) groups is 1. The van der Waals surface area contributed by atoms with E-state index in [0.29, 0.717) is 18.4 Å². The van der Waals surface area contributed by atoms with Crippen LogP contribution in [0.25, 0.3) is 0 Å². The van der Waals surface area contributed by atoms with E-state index >= 15 is 0 Å². The van der Waals surface area contributed by atoms with E-state index < -0.39 is 5.72 Å². The largest absolute Gasteiger partial charge is 0.366 e. The molecule has 1 N–H and O–H groups in total. The van der Waals surface area contributed by atoms with Gasteiger partial charge in [0.15, 0.2) is 12.0 Å². The summed E-state index contributed by atoms with van der Waals surface area (Å²) in [6, 6.07) is 0. The first-order valence-electron chi connectivity index (χ1n) is 4.67. The molecule has 0 radical (unpaired) electrons. The second-order valence-corrected chi connectivity index (χ2v) is 3.32. The average Bonchev–Trinajstić information content (AvgIpc) is 2.49. The number of hydrogen-bond donors (Lipinski definition) is 1. The van der Waals surface area contributed by atoms with Crippen LogP contribution in [0.15, 0.2) is 17.1 Å². The summed E-state index contributed by atoms with van der Waals surface area (Å²) >= 11 is 0. The zero-order chi connectivity index (χ0) is 9.73. The summed E-state index contributed by atoms with van der Waals surface area (Å²) < 4.78 is 0. The van der Waals surface area contributed by atoms with Crippen LogP contribution in [0.1, 0.15) is 32.6 Å². The monoisotopic (exact) mass is 181 g/mol. The first kappa shape index (κ1) is 10.1. The molecule has 0 saturated heterocycles. The molecule has 1 heterocycles. The van der Waals surface area contributed by atoms with Crippen molar-refractivity contribution in [1.29, 1.82) is 0 Å². The van der Waals surface area contributed by atoms with Gasteiger partial charge in [0.05, 0.1) is 0 Å². The van der Waals surface area contributed by atoms with Gasteiger partial charge in [-0.2, -0.15) is 0 Å². The van der Waals surface area contributed by atoms with Crippen molar-refractivity contribution >= 4 is 12.0 Å². The summed E-state index contributed by atoms with van der Waals surface area (Å²) in [6.45, 7) is 2.11. The van der Waals surface area contributed by atoms with E-state index in [-0.39, 0.29) is 0 Å². The van der Waals surface area contributed by atoms with E-state index in [9.17, 15) is 9.90 Å². The molecule has 3 nitrogen and oxygen atoms in total. The van der Waals surface area contributed by atoms with Crippen LogP contribution in [0.3, 0.4) is 0 Å². The van der Waals surface area contributed by atoms with Crippen molar-refractivity contribution in [1.82, 2.24) is 0 Å². The Kier molecular flexibility index (Phi) is 3.37. The maximum Gasteiger partial charge on any atom is 0.176 e. The molecule has 1 rings (SSSR count). The predicted molar refractivity (Wildman–Crippen MR) is 51.7 cm³/mol. The van der Waals surface area contributed by atoms with Crippen LogP contribution >= 0.6 is 0 Å². The van der Waals surface area contributed by atoms with E-state index in [1.54, 1.807) is 12.2 Å². The Labute approximate surface area is 78.2 Å². The SMILES string of the molecule is CCCCCC1(O)C=CC(C=O)=N1. The molecule has 13 heavy (non-hydrogen) atoms. The summed E-state index contributed by atoms with van der Waals surface area (Å²) in [5, 5.41) is 9.79. The van der Waals surface area contributed by atoms with Crippen LogP contribution in [0.4, 0.5) is 0 Å². The quantitative estimate of drug-likeness (QED) is 0.515. The Bertz CT molecular complexity index is 245. The Hall–Kier alpha value is -0.960. The molecule has 1 aliphatic heterocycles. The number of hydrogen-bond acceptors (Lipinski definition) is 3. The average molecular weight is 181 g/mol. The zero-order valence-electron chi connectivity index (χ0n) is 7.86. The van der Waals surface area contributed by atoms with Crippen molar-refractivity contribution in [2.75, 3.05) is 0 Å². The standard InChI is InChI=1S/C10H15NO2/c1-2-3-4-6-10(13)7-5-9(8-12)11-10/h5,7-8,13H,2-4,6H2,1H3. The van der Waals surface area contributed by atoms with Gasteiger partial charge < -0.3 is 5.11 Å². The maximum absolute atomic E-state index is 10.3. The second kappa shape index (κ2) is 4.33. The van der Waals surface area contributed by atoms with Gasteiger partial charge in [0.2, 0.25) is 0 Å². The number of aliphatic hydroxyl groups is 1. The van der Waals surface area contributed by atoms with Crippen molar-refractivity contribution < 1.29 is 9.90 Å². The summed E-state index contributed by atoms with van der Waals surface area (Å²) in [4.78, 5) is 14.2. The first-order valence-corrected chi connectivity index (χ1v) is 4.67. The molecule has 0 amide bonds. The van der Waals surface area contributed by atoms with Gasteiger partial charge in [0.1, 0.15) is 5.71 Å². The minimum Gasteiger partial charge on any atom is -0.366 e. The summed E-state index contributed by atoms with van der Waals surface area (Å²) in [6.07, 6.45) is 7.56. The summed E-state index contributed by atoms with van der Waals surface area (Å²) in [5.74, 6) is 0. The van der Waals surface area contributed by atoms with Crippen LogP contribution in [-0.2, 0) is 4.79 Å². The molecule has 3 heteroatoms. The van der Waals surface area contributed by atoms with Gasteiger partial charge in [0, 0.05) is 6.42 Å². The van der Waals surface area contributed by atoms with Crippen molar-refractivity contribution in [2.24, 2.45) is 4.99 Å². The molecule has 0 aromatic heterocycles. The first-order chi connectivity index (χ1) is 6.20. The molecule has 0 bridgehead atoms. The Morgan fingerprint density at radius 1 is 1.62 bits per heavy atom. The number of carbonyl (C=O) groups is 1. The van der Waals surface area contributed by atoms with Crippen LogP contribution in [0.2, 0.25) is 0 Å². The van der Waals surface area contributed by atoms with Gasteiger partial charge in [-0.3, -0.25) is 4.79 Å². The minimum atomic E-state index is -1.11. The lowest BCUT2D eigenvalue weighted by Gasteiger charge is -2.16. The van der Waals surface area contributed by atoms with Gasteiger partial charge in [0.25, 0.3) is 0 Å². The third-order valence-electron chi connectivity index (χ3n) is 2.11. The van der Waals surface area contributed by atoms with Crippen LogP contribution in [0, 0.1) is 0 Å². The topological polar surface area (TPSA) is 49.7 Å². The highest BCUT2D eigenvalue weighted by Crippen LogP contribution is 2.22. The second-order valence-electron chi connectivity index (χ2n) is 3.32. The zero-order valence-corrected chi connectivity index (χ0v) is 7.86. The maximum atomic E-state index is 10.3. The van der Waals surface area contributed by atoms with E-state index in [1.165, 1.54) is 0 Å². The molecule has 1 atom stereocenters. The van der Waals surface area contributed by atoms with Crippen molar-refractivity contribution in [3.05, 3.63) is 12.2 Å².